The number of likely N-dealkylation sites (tertiary alicyclic amines) is 1. The summed E-state index contributed by atoms with van der Waals surface area (Å²) in [7, 11) is 1.69. The largest absolute Gasteiger partial charge is 0.441 e. The summed E-state index contributed by atoms with van der Waals surface area (Å²) in [4.78, 5) is 19.6. The van der Waals surface area contributed by atoms with Crippen LogP contribution in [-0.2, 0) is 17.6 Å². The Balaban J connectivity index is 1.50. The van der Waals surface area contributed by atoms with E-state index in [1.54, 1.807) is 7.11 Å². The molecule has 0 radical (unpaired) electrons. The average molecular weight is 378 g/mol. The summed E-state index contributed by atoms with van der Waals surface area (Å²) in [6.07, 6.45) is 4.80. The summed E-state index contributed by atoms with van der Waals surface area (Å²) in [5.41, 5.74) is 3.40. The maximum Gasteiger partial charge on any atom is 0.254 e. The SMILES string of the molecule is COC[C@H]1CCCCN1C(=O)c1ccc2oc(CCc3ccccc3)nc2c1. The maximum atomic E-state index is 13.1. The van der Waals surface area contributed by atoms with E-state index in [9.17, 15) is 4.79 Å². The molecule has 5 nitrogen and oxygen atoms in total. The summed E-state index contributed by atoms with van der Waals surface area (Å²) < 4.78 is 11.2. The molecule has 146 valence electrons. The molecule has 0 aliphatic carbocycles. The van der Waals surface area contributed by atoms with E-state index in [1.807, 2.05) is 41.3 Å². The van der Waals surface area contributed by atoms with E-state index < -0.39 is 0 Å². The van der Waals surface area contributed by atoms with Gasteiger partial charge >= 0.3 is 0 Å². The summed E-state index contributed by atoms with van der Waals surface area (Å²) in [5.74, 6) is 0.760. The van der Waals surface area contributed by atoms with Gasteiger partial charge in [-0.3, -0.25) is 4.79 Å². The van der Waals surface area contributed by atoms with E-state index in [4.69, 9.17) is 9.15 Å². The van der Waals surface area contributed by atoms with Crippen LogP contribution in [-0.4, -0.2) is 42.1 Å². The number of hydrogen-bond donors (Lipinski definition) is 0. The van der Waals surface area contributed by atoms with Crippen molar-refractivity contribution in [3.05, 3.63) is 65.5 Å². The number of aromatic nitrogens is 1. The van der Waals surface area contributed by atoms with Gasteiger partial charge in [-0.05, 0) is 49.4 Å². The fraction of sp³-hybridized carbons (Fsp3) is 0.391. The monoisotopic (exact) mass is 378 g/mol. The highest BCUT2D eigenvalue weighted by Crippen LogP contribution is 2.23. The number of carbonyl (C=O) groups is 1. The minimum absolute atomic E-state index is 0.0532. The third-order valence-electron chi connectivity index (χ3n) is 5.40. The normalized spacial score (nSPS) is 17.2. The number of methoxy groups -OCH3 is 1. The number of hydrogen-bond acceptors (Lipinski definition) is 4. The highest BCUT2D eigenvalue weighted by Gasteiger charge is 2.27. The van der Waals surface area contributed by atoms with Crippen LogP contribution in [0, 0.1) is 0 Å². The molecule has 1 aromatic heterocycles. The van der Waals surface area contributed by atoms with Gasteiger partial charge in [-0.1, -0.05) is 30.3 Å². The highest BCUT2D eigenvalue weighted by atomic mass is 16.5. The van der Waals surface area contributed by atoms with Gasteiger partial charge in [0.05, 0.1) is 12.6 Å². The second kappa shape index (κ2) is 8.57. The van der Waals surface area contributed by atoms with Gasteiger partial charge < -0.3 is 14.1 Å². The molecule has 0 N–H and O–H groups in total. The van der Waals surface area contributed by atoms with Crippen LogP contribution in [0.4, 0.5) is 0 Å². The van der Waals surface area contributed by atoms with Crippen molar-refractivity contribution in [2.45, 2.75) is 38.1 Å². The number of benzene rings is 2. The number of fused-ring (bicyclic) bond motifs is 1. The van der Waals surface area contributed by atoms with Crippen LogP contribution < -0.4 is 0 Å². The average Bonchev–Trinajstić information content (AvgIpc) is 3.15. The lowest BCUT2D eigenvalue weighted by atomic mass is 10.0. The van der Waals surface area contributed by atoms with E-state index in [2.05, 4.69) is 17.1 Å². The van der Waals surface area contributed by atoms with Gasteiger partial charge in [-0.15, -0.1) is 0 Å². The van der Waals surface area contributed by atoms with Crippen molar-refractivity contribution in [2.24, 2.45) is 0 Å². The van der Waals surface area contributed by atoms with E-state index in [0.717, 1.165) is 49.7 Å². The van der Waals surface area contributed by atoms with Crippen LogP contribution in [0.3, 0.4) is 0 Å². The first-order chi connectivity index (χ1) is 13.7. The van der Waals surface area contributed by atoms with Crippen LogP contribution in [0.1, 0.15) is 41.1 Å². The van der Waals surface area contributed by atoms with Crippen molar-refractivity contribution in [2.75, 3.05) is 20.3 Å². The minimum atomic E-state index is 0.0532. The molecule has 28 heavy (non-hydrogen) atoms. The Bertz CT molecular complexity index is 933. The van der Waals surface area contributed by atoms with E-state index in [1.165, 1.54) is 5.56 Å². The Hall–Kier alpha value is -2.66. The Labute approximate surface area is 165 Å². The second-order valence-corrected chi connectivity index (χ2v) is 7.38. The van der Waals surface area contributed by atoms with Gasteiger partial charge in [0, 0.05) is 25.6 Å². The van der Waals surface area contributed by atoms with Gasteiger partial charge in [0.2, 0.25) is 0 Å². The number of oxazole rings is 1. The number of carbonyl (C=O) groups excluding carboxylic acids is 1. The smallest absolute Gasteiger partial charge is 0.254 e. The number of amides is 1. The molecule has 2 aromatic carbocycles. The summed E-state index contributed by atoms with van der Waals surface area (Å²) in [5, 5.41) is 0. The van der Waals surface area contributed by atoms with Crippen LogP contribution >= 0.6 is 0 Å². The molecule has 0 saturated carbocycles. The number of rotatable bonds is 6. The lowest BCUT2D eigenvalue weighted by Crippen LogP contribution is -2.46. The molecule has 0 bridgehead atoms. The molecule has 4 rings (SSSR count). The molecule has 1 saturated heterocycles. The minimum Gasteiger partial charge on any atom is -0.441 e. The highest BCUT2D eigenvalue weighted by molar-refractivity contribution is 5.97. The number of ether oxygens (including phenoxy) is 1. The lowest BCUT2D eigenvalue weighted by molar-refractivity contribution is 0.0428. The maximum absolute atomic E-state index is 13.1. The summed E-state index contributed by atoms with van der Waals surface area (Å²) in [6.45, 7) is 1.37. The molecule has 1 amide bonds. The standard InChI is InChI=1S/C23H26N2O3/c1-27-16-19-9-5-6-14-25(19)23(26)18-11-12-21-20(15-18)24-22(28-21)13-10-17-7-3-2-4-8-17/h2-4,7-8,11-12,15,19H,5-6,9-10,13-14,16H2,1H3/t19-/m1/s1. The van der Waals surface area contributed by atoms with Crippen molar-refractivity contribution < 1.29 is 13.9 Å². The number of nitrogens with zero attached hydrogens (tertiary/aromatic N) is 2. The van der Waals surface area contributed by atoms with Gasteiger partial charge in [0.1, 0.15) is 5.52 Å². The molecule has 1 aliphatic rings. The van der Waals surface area contributed by atoms with E-state index in [0.29, 0.717) is 18.1 Å². The predicted octanol–water partition coefficient (Wildman–Crippen LogP) is 4.25. The molecule has 0 spiro atoms. The summed E-state index contributed by atoms with van der Waals surface area (Å²) >= 11 is 0. The zero-order chi connectivity index (χ0) is 19.3. The Morgan fingerprint density at radius 2 is 2.04 bits per heavy atom. The Morgan fingerprint density at radius 1 is 1.18 bits per heavy atom. The lowest BCUT2D eigenvalue weighted by Gasteiger charge is -2.35. The molecule has 1 atom stereocenters. The molecule has 1 fully saturated rings. The van der Waals surface area contributed by atoms with Gasteiger partial charge in [0.15, 0.2) is 11.5 Å². The zero-order valence-electron chi connectivity index (χ0n) is 16.3. The molecule has 0 unspecified atom stereocenters. The first-order valence-corrected chi connectivity index (χ1v) is 9.98. The van der Waals surface area contributed by atoms with Gasteiger partial charge in [-0.2, -0.15) is 0 Å². The Morgan fingerprint density at radius 3 is 2.86 bits per heavy atom. The van der Waals surface area contributed by atoms with Crippen LogP contribution in [0.15, 0.2) is 52.9 Å². The molecule has 1 aliphatic heterocycles. The van der Waals surface area contributed by atoms with Gasteiger partial charge in [-0.25, -0.2) is 4.98 Å². The molecule has 2 heterocycles. The van der Waals surface area contributed by atoms with Crippen molar-refractivity contribution in [3.8, 4) is 0 Å². The third-order valence-corrected chi connectivity index (χ3v) is 5.40. The zero-order valence-corrected chi connectivity index (χ0v) is 16.3. The molecule has 3 aromatic rings. The molecular weight excluding hydrogens is 352 g/mol. The molecular formula is C23H26N2O3. The van der Waals surface area contributed by atoms with Crippen molar-refractivity contribution in [1.29, 1.82) is 0 Å². The number of aryl methyl sites for hydroxylation is 2. The Kier molecular flexibility index (Phi) is 5.72. The van der Waals surface area contributed by atoms with Gasteiger partial charge in [0.25, 0.3) is 5.91 Å². The second-order valence-electron chi connectivity index (χ2n) is 7.38. The van der Waals surface area contributed by atoms with Crippen molar-refractivity contribution >= 4 is 17.0 Å². The topological polar surface area (TPSA) is 55.6 Å². The van der Waals surface area contributed by atoms with Crippen molar-refractivity contribution in [1.82, 2.24) is 9.88 Å². The van der Waals surface area contributed by atoms with E-state index in [-0.39, 0.29) is 11.9 Å². The molecule has 5 heteroatoms. The first kappa shape index (κ1) is 18.7. The first-order valence-electron chi connectivity index (χ1n) is 9.98. The fourth-order valence-electron chi connectivity index (χ4n) is 3.91. The summed E-state index contributed by atoms with van der Waals surface area (Å²) in [6, 6.07) is 16.0. The van der Waals surface area contributed by atoms with Crippen LogP contribution in [0.5, 0.6) is 0 Å². The number of piperidine rings is 1. The third kappa shape index (κ3) is 4.09. The van der Waals surface area contributed by atoms with E-state index >= 15 is 0 Å². The predicted molar refractivity (Wildman–Crippen MR) is 108 cm³/mol. The quantitative estimate of drug-likeness (QED) is 0.643. The van der Waals surface area contributed by atoms with Crippen LogP contribution in [0.2, 0.25) is 0 Å². The van der Waals surface area contributed by atoms with Crippen LogP contribution in [0.25, 0.3) is 11.1 Å². The fourth-order valence-corrected chi connectivity index (χ4v) is 3.91. The van der Waals surface area contributed by atoms with Crippen molar-refractivity contribution in [3.63, 3.8) is 0 Å².